The summed E-state index contributed by atoms with van der Waals surface area (Å²) in [5, 5.41) is 10.1. The van der Waals surface area contributed by atoms with Crippen LogP contribution in [0.3, 0.4) is 0 Å². The van der Waals surface area contributed by atoms with Gasteiger partial charge in [0.05, 0.1) is 19.8 Å². The minimum Gasteiger partial charge on any atom is -0.496 e. The summed E-state index contributed by atoms with van der Waals surface area (Å²) < 4.78 is 7.48. The highest BCUT2D eigenvalue weighted by molar-refractivity contribution is 5.37. The first-order chi connectivity index (χ1) is 9.51. The molecule has 1 aromatic heterocycles. The molecule has 3 nitrogen and oxygen atoms in total. The molecule has 1 heterocycles. The van der Waals surface area contributed by atoms with Gasteiger partial charge in [0.15, 0.2) is 0 Å². The Morgan fingerprint density at radius 1 is 1.25 bits per heavy atom. The van der Waals surface area contributed by atoms with E-state index < -0.39 is 6.10 Å². The quantitative estimate of drug-likeness (QED) is 0.904. The second-order valence-corrected chi connectivity index (χ2v) is 5.62. The van der Waals surface area contributed by atoms with Crippen LogP contribution in [0.15, 0.2) is 36.7 Å². The molecule has 1 N–H and O–H groups in total. The van der Waals surface area contributed by atoms with Crippen molar-refractivity contribution in [2.45, 2.75) is 33.4 Å². The Balaban J connectivity index is 2.20. The number of aromatic nitrogens is 1. The van der Waals surface area contributed by atoms with E-state index in [1.165, 1.54) is 5.56 Å². The zero-order chi connectivity index (χ0) is 14.7. The van der Waals surface area contributed by atoms with Crippen molar-refractivity contribution in [2.75, 3.05) is 7.11 Å². The van der Waals surface area contributed by atoms with Crippen molar-refractivity contribution in [1.82, 2.24) is 4.57 Å². The van der Waals surface area contributed by atoms with E-state index in [1.54, 1.807) is 7.11 Å². The molecule has 0 saturated carbocycles. The lowest BCUT2D eigenvalue weighted by molar-refractivity contribution is 0.127. The third-order valence-electron chi connectivity index (χ3n) is 3.54. The number of aliphatic hydroxyl groups excluding tert-OH is 1. The summed E-state index contributed by atoms with van der Waals surface area (Å²) in [6.45, 7) is 6.86. The molecule has 0 bridgehead atoms. The molecule has 2 aromatic rings. The standard InChI is InChI=1S/C17H23NO2/c1-12(2)17(19)14-7-8-18(10-14)11-15-9-13(3)5-6-16(15)20-4/h5-10,12,17,19H,11H2,1-4H3. The van der Waals surface area contributed by atoms with Gasteiger partial charge in [-0.05, 0) is 30.5 Å². The van der Waals surface area contributed by atoms with Gasteiger partial charge in [0.25, 0.3) is 0 Å². The zero-order valence-electron chi connectivity index (χ0n) is 12.6. The molecule has 108 valence electrons. The normalized spacial score (nSPS) is 12.7. The fraction of sp³-hybridized carbons (Fsp3) is 0.412. The van der Waals surface area contributed by atoms with Gasteiger partial charge >= 0.3 is 0 Å². The van der Waals surface area contributed by atoms with Crippen LogP contribution in [0.1, 0.15) is 36.6 Å². The Hall–Kier alpha value is -1.74. The molecule has 20 heavy (non-hydrogen) atoms. The lowest BCUT2D eigenvalue weighted by Crippen LogP contribution is -2.05. The van der Waals surface area contributed by atoms with E-state index in [9.17, 15) is 5.11 Å². The van der Waals surface area contributed by atoms with Crippen molar-refractivity contribution in [3.8, 4) is 5.75 Å². The van der Waals surface area contributed by atoms with Crippen molar-refractivity contribution in [3.05, 3.63) is 53.3 Å². The lowest BCUT2D eigenvalue weighted by atomic mass is 10.0. The summed E-state index contributed by atoms with van der Waals surface area (Å²) in [4.78, 5) is 0. The molecule has 1 atom stereocenters. The van der Waals surface area contributed by atoms with Crippen LogP contribution in [-0.4, -0.2) is 16.8 Å². The van der Waals surface area contributed by atoms with Crippen molar-refractivity contribution in [1.29, 1.82) is 0 Å². The summed E-state index contributed by atoms with van der Waals surface area (Å²) >= 11 is 0. The van der Waals surface area contributed by atoms with Gasteiger partial charge in [-0.3, -0.25) is 0 Å². The molecule has 1 unspecified atom stereocenters. The van der Waals surface area contributed by atoms with Crippen molar-refractivity contribution in [2.24, 2.45) is 5.92 Å². The van der Waals surface area contributed by atoms with Crippen LogP contribution >= 0.6 is 0 Å². The Labute approximate surface area is 120 Å². The number of hydrogen-bond acceptors (Lipinski definition) is 2. The van der Waals surface area contributed by atoms with E-state index in [-0.39, 0.29) is 5.92 Å². The number of benzene rings is 1. The van der Waals surface area contributed by atoms with E-state index in [2.05, 4.69) is 17.6 Å². The highest BCUT2D eigenvalue weighted by Crippen LogP contribution is 2.24. The fourth-order valence-corrected chi connectivity index (χ4v) is 2.35. The van der Waals surface area contributed by atoms with Crippen LogP contribution in [0.5, 0.6) is 5.75 Å². The summed E-state index contributed by atoms with van der Waals surface area (Å²) in [6, 6.07) is 8.16. The molecule has 0 amide bonds. The number of nitrogens with zero attached hydrogens (tertiary/aromatic N) is 1. The number of rotatable bonds is 5. The second kappa shape index (κ2) is 6.14. The highest BCUT2D eigenvalue weighted by atomic mass is 16.5. The van der Waals surface area contributed by atoms with Crippen LogP contribution < -0.4 is 4.74 Å². The van der Waals surface area contributed by atoms with Crippen molar-refractivity contribution >= 4 is 0 Å². The molecule has 2 rings (SSSR count). The molecule has 1 aromatic carbocycles. The lowest BCUT2D eigenvalue weighted by Gasteiger charge is -2.13. The topological polar surface area (TPSA) is 34.4 Å². The predicted octanol–water partition coefficient (Wildman–Crippen LogP) is 3.54. The number of methoxy groups -OCH3 is 1. The minimum atomic E-state index is -0.407. The van der Waals surface area contributed by atoms with Gasteiger partial charge in [-0.2, -0.15) is 0 Å². The largest absolute Gasteiger partial charge is 0.496 e. The van der Waals surface area contributed by atoms with Crippen LogP contribution in [0.25, 0.3) is 0 Å². The molecule has 0 fully saturated rings. The van der Waals surface area contributed by atoms with E-state index >= 15 is 0 Å². The van der Waals surface area contributed by atoms with E-state index in [0.717, 1.165) is 23.4 Å². The molecule has 0 aliphatic heterocycles. The van der Waals surface area contributed by atoms with Crippen LogP contribution in [-0.2, 0) is 6.54 Å². The highest BCUT2D eigenvalue weighted by Gasteiger charge is 2.13. The molecule has 0 radical (unpaired) electrons. The van der Waals surface area contributed by atoms with Gasteiger partial charge in [0.2, 0.25) is 0 Å². The summed E-state index contributed by atoms with van der Waals surface area (Å²) in [5.74, 6) is 1.12. The molecular weight excluding hydrogens is 250 g/mol. The summed E-state index contributed by atoms with van der Waals surface area (Å²) in [6.07, 6.45) is 3.60. The van der Waals surface area contributed by atoms with E-state index in [0.29, 0.717) is 0 Å². The summed E-state index contributed by atoms with van der Waals surface area (Å²) in [5.41, 5.74) is 3.33. The van der Waals surface area contributed by atoms with Gasteiger partial charge in [-0.1, -0.05) is 31.5 Å². The van der Waals surface area contributed by atoms with Gasteiger partial charge < -0.3 is 14.4 Å². The molecule has 0 saturated heterocycles. The number of aliphatic hydroxyl groups is 1. The maximum Gasteiger partial charge on any atom is 0.123 e. The van der Waals surface area contributed by atoms with Crippen LogP contribution in [0.2, 0.25) is 0 Å². The maximum atomic E-state index is 10.1. The third-order valence-corrected chi connectivity index (χ3v) is 3.54. The number of hydrogen-bond donors (Lipinski definition) is 1. The fourth-order valence-electron chi connectivity index (χ4n) is 2.35. The molecule has 0 spiro atoms. The van der Waals surface area contributed by atoms with Crippen LogP contribution in [0, 0.1) is 12.8 Å². The molecule has 0 aliphatic carbocycles. The van der Waals surface area contributed by atoms with Crippen molar-refractivity contribution < 1.29 is 9.84 Å². The van der Waals surface area contributed by atoms with E-state index in [4.69, 9.17) is 4.74 Å². The Bertz CT molecular complexity index is 572. The Morgan fingerprint density at radius 2 is 2.00 bits per heavy atom. The average Bonchev–Trinajstić information content (AvgIpc) is 2.86. The van der Waals surface area contributed by atoms with Crippen LogP contribution in [0.4, 0.5) is 0 Å². The number of aryl methyl sites for hydroxylation is 1. The summed E-state index contributed by atoms with van der Waals surface area (Å²) in [7, 11) is 1.69. The van der Waals surface area contributed by atoms with Gasteiger partial charge in [-0.25, -0.2) is 0 Å². The molecular formula is C17H23NO2. The van der Waals surface area contributed by atoms with Crippen molar-refractivity contribution in [3.63, 3.8) is 0 Å². The Kier molecular flexibility index (Phi) is 4.50. The average molecular weight is 273 g/mol. The Morgan fingerprint density at radius 3 is 2.65 bits per heavy atom. The first kappa shape index (κ1) is 14.7. The molecule has 3 heteroatoms. The SMILES string of the molecule is COc1ccc(C)cc1Cn1ccc(C(O)C(C)C)c1. The number of ether oxygens (including phenoxy) is 1. The predicted molar refractivity (Wildman–Crippen MR) is 81.1 cm³/mol. The molecule has 0 aliphatic rings. The third kappa shape index (κ3) is 3.23. The van der Waals surface area contributed by atoms with Gasteiger partial charge in [-0.15, -0.1) is 0 Å². The maximum absolute atomic E-state index is 10.1. The smallest absolute Gasteiger partial charge is 0.123 e. The second-order valence-electron chi connectivity index (χ2n) is 5.62. The monoisotopic (exact) mass is 273 g/mol. The minimum absolute atomic E-state index is 0.222. The van der Waals surface area contributed by atoms with E-state index in [1.807, 2.05) is 44.4 Å². The first-order valence-electron chi connectivity index (χ1n) is 6.98. The first-order valence-corrected chi connectivity index (χ1v) is 6.98. The van der Waals surface area contributed by atoms with Gasteiger partial charge in [0.1, 0.15) is 5.75 Å². The zero-order valence-corrected chi connectivity index (χ0v) is 12.6. The van der Waals surface area contributed by atoms with Gasteiger partial charge in [0, 0.05) is 18.0 Å².